The third kappa shape index (κ3) is 2.19. The lowest BCUT2D eigenvalue weighted by Gasteiger charge is -2.23. The highest BCUT2D eigenvalue weighted by Gasteiger charge is 2.55. The number of pyridine rings is 1. The van der Waals surface area contributed by atoms with Gasteiger partial charge in [0.15, 0.2) is 0 Å². The normalized spacial score (nSPS) is 25.7. The average molecular weight is 326 g/mol. The van der Waals surface area contributed by atoms with E-state index in [1.165, 1.54) is 0 Å². The van der Waals surface area contributed by atoms with Crippen molar-refractivity contribution in [3.8, 4) is 5.82 Å². The molecular weight excluding hydrogens is 308 g/mol. The Kier molecular flexibility index (Phi) is 3.37. The van der Waals surface area contributed by atoms with Gasteiger partial charge in [0, 0.05) is 37.2 Å². The minimum absolute atomic E-state index is 0.0638. The van der Waals surface area contributed by atoms with Gasteiger partial charge in [0.25, 0.3) is 5.91 Å². The quantitative estimate of drug-likeness (QED) is 0.925. The molecular formula is C17H18N4O3. The maximum Gasteiger partial charge on any atom is 0.311 e. The SMILES string of the molecule is O=C(c1ccnc(-n2ccnc2)c1)N1C[C@@H]2CCC[C@@]2(C(=O)O)C1. The number of aliphatic carboxylic acids is 1. The molecule has 0 spiro atoms. The Balaban J connectivity index is 1.59. The second kappa shape index (κ2) is 5.43. The number of hydrogen-bond acceptors (Lipinski definition) is 4. The van der Waals surface area contributed by atoms with Crippen LogP contribution in [0.5, 0.6) is 0 Å². The van der Waals surface area contributed by atoms with Gasteiger partial charge in [-0.25, -0.2) is 9.97 Å². The number of carboxylic acids is 1. The van der Waals surface area contributed by atoms with Crippen LogP contribution >= 0.6 is 0 Å². The number of hydrogen-bond donors (Lipinski definition) is 1. The lowest BCUT2D eigenvalue weighted by Crippen LogP contribution is -2.37. The number of aromatic nitrogens is 3. The highest BCUT2D eigenvalue weighted by molar-refractivity contribution is 5.95. The van der Waals surface area contributed by atoms with Gasteiger partial charge in [-0.15, -0.1) is 0 Å². The van der Waals surface area contributed by atoms with Gasteiger partial charge in [-0.3, -0.25) is 14.2 Å². The number of fused-ring (bicyclic) bond motifs is 1. The number of carboxylic acid groups (broad SMARTS) is 1. The van der Waals surface area contributed by atoms with Gasteiger partial charge in [-0.1, -0.05) is 6.42 Å². The fraction of sp³-hybridized carbons (Fsp3) is 0.412. The molecule has 0 radical (unpaired) electrons. The van der Waals surface area contributed by atoms with Crippen LogP contribution in [0.4, 0.5) is 0 Å². The summed E-state index contributed by atoms with van der Waals surface area (Å²) in [5.74, 6) is -0.220. The molecule has 2 aromatic rings. The number of carbonyl (C=O) groups excluding carboxylic acids is 1. The molecule has 1 aliphatic carbocycles. The number of imidazole rings is 1. The van der Waals surface area contributed by atoms with Gasteiger partial charge in [0.2, 0.25) is 0 Å². The molecule has 2 atom stereocenters. The monoisotopic (exact) mass is 326 g/mol. The van der Waals surface area contributed by atoms with E-state index < -0.39 is 11.4 Å². The van der Waals surface area contributed by atoms with Crippen LogP contribution in [0.15, 0.2) is 37.1 Å². The Morgan fingerprint density at radius 1 is 1.33 bits per heavy atom. The third-order valence-electron chi connectivity index (χ3n) is 5.35. The largest absolute Gasteiger partial charge is 0.481 e. The van der Waals surface area contributed by atoms with Crippen molar-refractivity contribution in [3.05, 3.63) is 42.6 Å². The van der Waals surface area contributed by atoms with Gasteiger partial charge in [-0.2, -0.15) is 0 Å². The van der Waals surface area contributed by atoms with Crippen molar-refractivity contribution in [2.24, 2.45) is 11.3 Å². The van der Waals surface area contributed by atoms with Crippen LogP contribution in [0.3, 0.4) is 0 Å². The van der Waals surface area contributed by atoms with E-state index in [0.29, 0.717) is 30.9 Å². The number of amides is 1. The minimum atomic E-state index is -0.769. The highest BCUT2D eigenvalue weighted by Crippen LogP contribution is 2.49. The molecule has 1 amide bonds. The standard InChI is InChI=1S/C17H18N4O3/c22-15(12-3-5-19-14(8-12)20-7-6-18-11-20)21-9-13-2-1-4-17(13,10-21)16(23)24/h3,5-8,11,13H,1-2,4,9-10H2,(H,23,24)/t13-,17+/m0/s1. The molecule has 7 heteroatoms. The van der Waals surface area contributed by atoms with Crippen molar-refractivity contribution in [2.45, 2.75) is 19.3 Å². The van der Waals surface area contributed by atoms with Crippen LogP contribution in [0.25, 0.3) is 5.82 Å². The molecule has 0 aromatic carbocycles. The zero-order valence-electron chi connectivity index (χ0n) is 13.1. The van der Waals surface area contributed by atoms with Crippen molar-refractivity contribution < 1.29 is 14.7 Å². The van der Waals surface area contributed by atoms with Crippen LogP contribution in [0.1, 0.15) is 29.6 Å². The molecule has 1 aliphatic heterocycles. The second-order valence-electron chi connectivity index (χ2n) is 6.61. The lowest BCUT2D eigenvalue weighted by molar-refractivity contribution is -0.149. The number of likely N-dealkylation sites (tertiary alicyclic amines) is 1. The Morgan fingerprint density at radius 2 is 2.21 bits per heavy atom. The van der Waals surface area contributed by atoms with Gasteiger partial charge in [0.1, 0.15) is 12.1 Å². The van der Waals surface area contributed by atoms with E-state index in [9.17, 15) is 14.7 Å². The summed E-state index contributed by atoms with van der Waals surface area (Å²) in [5.41, 5.74) is -0.232. The van der Waals surface area contributed by atoms with Gasteiger partial charge in [-0.05, 0) is 30.9 Å². The summed E-state index contributed by atoms with van der Waals surface area (Å²) in [5, 5.41) is 9.66. The van der Waals surface area contributed by atoms with Crippen molar-refractivity contribution in [1.82, 2.24) is 19.4 Å². The Labute approximate surface area is 138 Å². The molecule has 0 bridgehead atoms. The van der Waals surface area contributed by atoms with E-state index in [0.717, 1.165) is 12.8 Å². The highest BCUT2D eigenvalue weighted by atomic mass is 16.4. The third-order valence-corrected chi connectivity index (χ3v) is 5.35. The van der Waals surface area contributed by atoms with E-state index in [-0.39, 0.29) is 11.8 Å². The molecule has 0 unspecified atom stereocenters. The second-order valence-corrected chi connectivity index (χ2v) is 6.61. The summed E-state index contributed by atoms with van der Waals surface area (Å²) in [7, 11) is 0. The molecule has 124 valence electrons. The molecule has 3 heterocycles. The maximum absolute atomic E-state index is 12.8. The van der Waals surface area contributed by atoms with Crippen molar-refractivity contribution >= 4 is 11.9 Å². The van der Waals surface area contributed by atoms with Crippen molar-refractivity contribution in [3.63, 3.8) is 0 Å². The maximum atomic E-state index is 12.8. The molecule has 1 N–H and O–H groups in total. The topological polar surface area (TPSA) is 88.3 Å². The number of nitrogens with zero attached hydrogens (tertiary/aromatic N) is 4. The first kappa shape index (κ1) is 14.9. The van der Waals surface area contributed by atoms with Crippen molar-refractivity contribution in [2.75, 3.05) is 13.1 Å². The van der Waals surface area contributed by atoms with Crippen LogP contribution < -0.4 is 0 Å². The predicted molar refractivity (Wildman–Crippen MR) is 84.7 cm³/mol. The molecule has 2 aromatic heterocycles. The zero-order valence-corrected chi connectivity index (χ0v) is 13.1. The van der Waals surface area contributed by atoms with Gasteiger partial charge >= 0.3 is 5.97 Å². The van der Waals surface area contributed by atoms with Crippen LogP contribution in [0, 0.1) is 11.3 Å². The van der Waals surface area contributed by atoms with E-state index in [1.807, 2.05) is 0 Å². The fourth-order valence-corrected chi connectivity index (χ4v) is 4.06. The minimum Gasteiger partial charge on any atom is -0.481 e. The summed E-state index contributed by atoms with van der Waals surface area (Å²) in [4.78, 5) is 34.5. The first-order valence-electron chi connectivity index (χ1n) is 8.07. The average Bonchev–Trinajstić information content (AvgIpc) is 3.29. The van der Waals surface area contributed by atoms with Crippen LogP contribution in [-0.4, -0.2) is 49.5 Å². The molecule has 7 nitrogen and oxygen atoms in total. The van der Waals surface area contributed by atoms with E-state index in [2.05, 4.69) is 9.97 Å². The first-order valence-corrected chi connectivity index (χ1v) is 8.07. The summed E-state index contributed by atoms with van der Waals surface area (Å²) in [6, 6.07) is 3.38. The molecule has 24 heavy (non-hydrogen) atoms. The smallest absolute Gasteiger partial charge is 0.311 e. The molecule has 4 rings (SSSR count). The summed E-state index contributed by atoms with van der Waals surface area (Å²) >= 11 is 0. The first-order chi connectivity index (χ1) is 11.6. The van der Waals surface area contributed by atoms with E-state index in [1.54, 1.807) is 46.5 Å². The summed E-state index contributed by atoms with van der Waals surface area (Å²) in [6.45, 7) is 0.822. The van der Waals surface area contributed by atoms with E-state index in [4.69, 9.17) is 0 Å². The molecule has 2 fully saturated rings. The Morgan fingerprint density at radius 3 is 2.92 bits per heavy atom. The van der Waals surface area contributed by atoms with Gasteiger partial charge in [0.05, 0.1) is 5.41 Å². The lowest BCUT2D eigenvalue weighted by atomic mass is 9.81. The van der Waals surface area contributed by atoms with Crippen LogP contribution in [-0.2, 0) is 4.79 Å². The fourth-order valence-electron chi connectivity index (χ4n) is 4.06. The molecule has 2 aliphatic rings. The van der Waals surface area contributed by atoms with Crippen molar-refractivity contribution in [1.29, 1.82) is 0 Å². The predicted octanol–water partition coefficient (Wildman–Crippen LogP) is 1.59. The Hall–Kier alpha value is -2.70. The summed E-state index contributed by atoms with van der Waals surface area (Å²) < 4.78 is 1.73. The van der Waals surface area contributed by atoms with Crippen LogP contribution in [0.2, 0.25) is 0 Å². The molecule has 1 saturated heterocycles. The summed E-state index contributed by atoms with van der Waals surface area (Å²) in [6.07, 6.45) is 9.09. The number of carbonyl (C=O) groups is 2. The molecule has 1 saturated carbocycles. The Bertz CT molecular complexity index is 789. The van der Waals surface area contributed by atoms with E-state index >= 15 is 0 Å². The zero-order chi connectivity index (χ0) is 16.7. The number of rotatable bonds is 3. The van der Waals surface area contributed by atoms with Gasteiger partial charge < -0.3 is 10.0 Å².